The summed E-state index contributed by atoms with van der Waals surface area (Å²) in [4.78, 5) is 25.3. The molecule has 1 aliphatic rings. The molecule has 0 saturated carbocycles. The number of ketones is 1. The Kier molecular flexibility index (Phi) is 3.60. The highest BCUT2D eigenvalue weighted by Crippen LogP contribution is 2.37. The molecule has 114 valence electrons. The van der Waals surface area contributed by atoms with Crippen LogP contribution in [0.15, 0.2) is 41.3 Å². The van der Waals surface area contributed by atoms with Crippen LogP contribution in [0, 0.1) is 0 Å². The van der Waals surface area contributed by atoms with E-state index in [4.69, 9.17) is 0 Å². The number of carbonyl (C=O) groups is 2. The van der Waals surface area contributed by atoms with Crippen molar-refractivity contribution in [2.45, 2.75) is 30.2 Å². The predicted molar refractivity (Wildman–Crippen MR) is 85.7 cm³/mol. The predicted octanol–water partition coefficient (Wildman–Crippen LogP) is 3.19. The minimum atomic E-state index is -0.902. The van der Waals surface area contributed by atoms with E-state index in [0.717, 1.165) is 4.90 Å². The van der Waals surface area contributed by atoms with Gasteiger partial charge in [0.25, 0.3) is 0 Å². The van der Waals surface area contributed by atoms with Crippen LogP contribution in [-0.4, -0.2) is 27.7 Å². The Morgan fingerprint density at radius 1 is 1.18 bits per heavy atom. The fourth-order valence-electron chi connectivity index (χ4n) is 2.96. The molecule has 1 aromatic carbocycles. The largest absolute Gasteiger partial charge is 0.481 e. The number of aliphatic carboxylic acids is 1. The van der Waals surface area contributed by atoms with Crippen molar-refractivity contribution in [2.75, 3.05) is 6.26 Å². The first-order chi connectivity index (χ1) is 10.5. The zero-order valence-electron chi connectivity index (χ0n) is 12.5. The molecule has 4 nitrogen and oxygen atoms in total. The molecule has 1 aliphatic heterocycles. The molecule has 0 saturated heterocycles. The summed E-state index contributed by atoms with van der Waals surface area (Å²) < 4.78 is 1.85. The lowest BCUT2D eigenvalue weighted by Gasteiger charge is -2.16. The van der Waals surface area contributed by atoms with Crippen molar-refractivity contribution >= 4 is 23.5 Å². The standard InChI is InChI=1S/C17H17NO3S/c1-17(16(20)21)9-10-18-13(7-8-14(17)18)15(19)11-3-5-12(22-2)6-4-11/h3-8H,9-10H2,1-2H3,(H,20,21). The van der Waals surface area contributed by atoms with Crippen LogP contribution in [0.2, 0.25) is 0 Å². The summed E-state index contributed by atoms with van der Waals surface area (Å²) in [6.07, 6.45) is 2.51. The van der Waals surface area contributed by atoms with E-state index in [2.05, 4.69) is 0 Å². The number of thioether (sulfide) groups is 1. The number of hydrogen-bond donors (Lipinski definition) is 1. The van der Waals surface area contributed by atoms with Gasteiger partial charge in [-0.05, 0) is 56.0 Å². The van der Waals surface area contributed by atoms with Gasteiger partial charge in [-0.25, -0.2) is 0 Å². The van der Waals surface area contributed by atoms with Crippen LogP contribution in [0.5, 0.6) is 0 Å². The third-order valence-electron chi connectivity index (χ3n) is 4.44. The van der Waals surface area contributed by atoms with Gasteiger partial charge in [-0.15, -0.1) is 11.8 Å². The van der Waals surface area contributed by atoms with Crippen LogP contribution in [-0.2, 0) is 16.8 Å². The molecule has 1 aromatic heterocycles. The monoisotopic (exact) mass is 315 g/mol. The molecule has 2 aromatic rings. The topological polar surface area (TPSA) is 59.3 Å². The number of benzene rings is 1. The summed E-state index contributed by atoms with van der Waals surface area (Å²) in [7, 11) is 0. The second kappa shape index (κ2) is 5.32. The van der Waals surface area contributed by atoms with Crippen LogP contribution in [0.4, 0.5) is 0 Å². The number of carboxylic acids is 1. The van der Waals surface area contributed by atoms with Gasteiger partial charge < -0.3 is 9.67 Å². The summed E-state index contributed by atoms with van der Waals surface area (Å²) in [6.45, 7) is 2.28. The van der Waals surface area contributed by atoms with Gasteiger partial charge in [0, 0.05) is 22.7 Å². The SMILES string of the molecule is CSc1ccc(C(=O)c2ccc3n2CCC3(C)C(=O)O)cc1. The first-order valence-corrected chi connectivity index (χ1v) is 8.32. The summed E-state index contributed by atoms with van der Waals surface area (Å²) in [5.74, 6) is -0.902. The maximum atomic E-state index is 12.7. The smallest absolute Gasteiger partial charge is 0.315 e. The van der Waals surface area contributed by atoms with Crippen LogP contribution in [0.25, 0.3) is 0 Å². The van der Waals surface area contributed by atoms with Crippen molar-refractivity contribution in [2.24, 2.45) is 0 Å². The van der Waals surface area contributed by atoms with Gasteiger partial charge >= 0.3 is 5.97 Å². The summed E-state index contributed by atoms with van der Waals surface area (Å²) in [5.41, 5.74) is 1.00. The quantitative estimate of drug-likeness (QED) is 0.695. The average molecular weight is 315 g/mol. The highest BCUT2D eigenvalue weighted by molar-refractivity contribution is 7.98. The van der Waals surface area contributed by atoms with Crippen molar-refractivity contribution in [3.8, 4) is 0 Å². The van der Waals surface area contributed by atoms with E-state index in [9.17, 15) is 14.7 Å². The highest BCUT2D eigenvalue weighted by atomic mass is 32.2. The Labute approximate surface area is 133 Å². The van der Waals surface area contributed by atoms with Gasteiger partial charge in [0.1, 0.15) is 5.41 Å². The van der Waals surface area contributed by atoms with Crippen LogP contribution in [0.3, 0.4) is 0 Å². The number of aromatic nitrogens is 1. The number of carbonyl (C=O) groups excluding carboxylic acids is 1. The molecule has 1 unspecified atom stereocenters. The number of carboxylic acid groups (broad SMARTS) is 1. The molecule has 3 rings (SSSR count). The molecule has 0 fully saturated rings. The summed E-state index contributed by atoms with van der Waals surface area (Å²) in [6, 6.07) is 11.0. The molecule has 5 heteroatoms. The summed E-state index contributed by atoms with van der Waals surface area (Å²) in [5, 5.41) is 9.44. The van der Waals surface area contributed by atoms with Crippen LogP contribution < -0.4 is 0 Å². The lowest BCUT2D eigenvalue weighted by Crippen LogP contribution is -2.29. The lowest BCUT2D eigenvalue weighted by molar-refractivity contribution is -0.143. The zero-order valence-corrected chi connectivity index (χ0v) is 13.3. The van der Waals surface area contributed by atoms with E-state index in [1.54, 1.807) is 30.8 Å². The molecule has 0 aliphatic carbocycles. The Bertz CT molecular complexity index is 748. The molecule has 0 spiro atoms. The zero-order chi connectivity index (χ0) is 15.9. The molecular weight excluding hydrogens is 298 g/mol. The van der Waals surface area contributed by atoms with Gasteiger partial charge in [-0.3, -0.25) is 9.59 Å². The molecule has 22 heavy (non-hydrogen) atoms. The van der Waals surface area contributed by atoms with Crippen molar-refractivity contribution in [3.05, 3.63) is 53.3 Å². The lowest BCUT2D eigenvalue weighted by atomic mass is 9.86. The molecule has 0 amide bonds. The van der Waals surface area contributed by atoms with Crippen LogP contribution >= 0.6 is 11.8 Å². The summed E-state index contributed by atoms with van der Waals surface area (Å²) >= 11 is 1.63. The number of rotatable bonds is 4. The Morgan fingerprint density at radius 2 is 1.86 bits per heavy atom. The molecule has 0 bridgehead atoms. The maximum Gasteiger partial charge on any atom is 0.315 e. The van der Waals surface area contributed by atoms with Gasteiger partial charge in [0.05, 0.1) is 5.69 Å². The second-order valence-electron chi connectivity index (χ2n) is 5.70. The van der Waals surface area contributed by atoms with E-state index in [0.29, 0.717) is 29.9 Å². The van der Waals surface area contributed by atoms with Crippen LogP contribution in [0.1, 0.15) is 35.1 Å². The Balaban J connectivity index is 1.97. The second-order valence-corrected chi connectivity index (χ2v) is 6.58. The maximum absolute atomic E-state index is 12.7. The number of fused-ring (bicyclic) bond motifs is 1. The van der Waals surface area contributed by atoms with E-state index in [1.807, 2.05) is 35.1 Å². The highest BCUT2D eigenvalue weighted by Gasteiger charge is 2.43. The van der Waals surface area contributed by atoms with E-state index in [-0.39, 0.29) is 5.78 Å². The third kappa shape index (κ3) is 2.16. The number of hydrogen-bond acceptors (Lipinski definition) is 3. The normalized spacial score (nSPS) is 19.9. The van der Waals surface area contributed by atoms with Gasteiger partial charge in [0.2, 0.25) is 5.78 Å². The van der Waals surface area contributed by atoms with E-state index in [1.165, 1.54) is 0 Å². The fraction of sp³-hybridized carbons (Fsp3) is 0.294. The fourth-order valence-corrected chi connectivity index (χ4v) is 3.37. The van der Waals surface area contributed by atoms with Crippen molar-refractivity contribution in [1.29, 1.82) is 0 Å². The first-order valence-electron chi connectivity index (χ1n) is 7.09. The molecule has 1 N–H and O–H groups in total. The first kappa shape index (κ1) is 14.9. The molecular formula is C17H17NO3S. The Hall–Kier alpha value is -2.01. The molecule has 2 heterocycles. The molecule has 0 radical (unpaired) electrons. The van der Waals surface area contributed by atoms with Crippen molar-refractivity contribution in [3.63, 3.8) is 0 Å². The van der Waals surface area contributed by atoms with Gasteiger partial charge in [-0.2, -0.15) is 0 Å². The van der Waals surface area contributed by atoms with E-state index >= 15 is 0 Å². The minimum absolute atomic E-state index is 0.0615. The Morgan fingerprint density at radius 3 is 2.45 bits per heavy atom. The van der Waals surface area contributed by atoms with Crippen molar-refractivity contribution in [1.82, 2.24) is 4.57 Å². The average Bonchev–Trinajstić information content (AvgIpc) is 3.09. The van der Waals surface area contributed by atoms with Crippen molar-refractivity contribution < 1.29 is 14.7 Å². The molecule has 1 atom stereocenters. The third-order valence-corrected chi connectivity index (χ3v) is 5.18. The number of nitrogens with zero attached hydrogens (tertiary/aromatic N) is 1. The minimum Gasteiger partial charge on any atom is -0.481 e. The van der Waals surface area contributed by atoms with Gasteiger partial charge in [-0.1, -0.05) is 0 Å². The van der Waals surface area contributed by atoms with E-state index < -0.39 is 11.4 Å². The van der Waals surface area contributed by atoms with Gasteiger partial charge in [0.15, 0.2) is 0 Å².